The van der Waals surface area contributed by atoms with Crippen LogP contribution in [0.4, 0.5) is 13.2 Å². The maximum atomic E-state index is 12.9. The van der Waals surface area contributed by atoms with Crippen LogP contribution in [0.2, 0.25) is 0 Å². The Kier molecular flexibility index (Phi) is 4.92. The second kappa shape index (κ2) is 5.01. The fourth-order valence-corrected chi connectivity index (χ4v) is 1.71. The van der Waals surface area contributed by atoms with Gasteiger partial charge in [-0.2, -0.15) is 13.2 Å². The topological polar surface area (TPSA) is 12.0 Å². The zero-order valence-electron chi connectivity index (χ0n) is 9.33. The van der Waals surface area contributed by atoms with E-state index in [0.717, 1.165) is 0 Å². The minimum absolute atomic E-state index is 0.0775. The molecule has 0 fully saturated rings. The van der Waals surface area contributed by atoms with Gasteiger partial charge in [0.1, 0.15) is 5.54 Å². The van der Waals surface area contributed by atoms with Gasteiger partial charge >= 0.3 is 6.18 Å². The quantitative estimate of drug-likeness (QED) is 0.735. The van der Waals surface area contributed by atoms with Crippen LogP contribution in [-0.4, -0.2) is 18.3 Å². The Labute approximate surface area is 84.1 Å². The molecule has 0 aliphatic heterocycles. The first-order chi connectivity index (χ1) is 6.31. The molecule has 0 saturated heterocycles. The lowest BCUT2D eigenvalue weighted by Gasteiger charge is -2.39. The van der Waals surface area contributed by atoms with Crippen molar-refractivity contribution >= 4 is 0 Å². The van der Waals surface area contributed by atoms with Gasteiger partial charge in [-0.1, -0.05) is 27.7 Å². The van der Waals surface area contributed by atoms with E-state index in [1.54, 1.807) is 20.8 Å². The Hall–Kier alpha value is -0.250. The third kappa shape index (κ3) is 2.62. The van der Waals surface area contributed by atoms with Crippen LogP contribution in [0.15, 0.2) is 0 Å². The number of halogens is 3. The summed E-state index contributed by atoms with van der Waals surface area (Å²) in [6.07, 6.45) is -3.39. The summed E-state index contributed by atoms with van der Waals surface area (Å²) in [7, 11) is 0. The molecule has 0 saturated carbocycles. The van der Waals surface area contributed by atoms with Crippen molar-refractivity contribution in [3.05, 3.63) is 0 Å². The molecule has 0 heterocycles. The van der Waals surface area contributed by atoms with Crippen LogP contribution >= 0.6 is 0 Å². The maximum Gasteiger partial charge on any atom is 0.406 e. The molecular formula is C10H20F3N. The van der Waals surface area contributed by atoms with Crippen LogP contribution in [0.5, 0.6) is 0 Å². The van der Waals surface area contributed by atoms with Gasteiger partial charge in [-0.3, -0.25) is 0 Å². The van der Waals surface area contributed by atoms with Gasteiger partial charge < -0.3 is 5.32 Å². The Morgan fingerprint density at radius 2 is 1.64 bits per heavy atom. The van der Waals surface area contributed by atoms with E-state index < -0.39 is 17.6 Å². The van der Waals surface area contributed by atoms with Crippen LogP contribution in [0, 0.1) is 5.92 Å². The maximum absolute atomic E-state index is 12.9. The van der Waals surface area contributed by atoms with Gasteiger partial charge in [-0.15, -0.1) is 0 Å². The van der Waals surface area contributed by atoms with E-state index in [0.29, 0.717) is 13.0 Å². The van der Waals surface area contributed by atoms with Crippen LogP contribution in [-0.2, 0) is 0 Å². The van der Waals surface area contributed by atoms with E-state index in [9.17, 15) is 13.2 Å². The molecule has 0 spiro atoms. The minimum atomic E-state index is -4.18. The molecule has 1 nitrogen and oxygen atoms in total. The predicted octanol–water partition coefficient (Wildman–Crippen LogP) is 3.35. The van der Waals surface area contributed by atoms with Crippen molar-refractivity contribution in [2.24, 2.45) is 5.92 Å². The molecular weight excluding hydrogens is 191 g/mol. The molecule has 4 heteroatoms. The third-order valence-corrected chi connectivity index (χ3v) is 2.74. The minimum Gasteiger partial charge on any atom is -0.303 e. The standard InChI is InChI=1S/C10H20F3N/c1-5-7-14-9(6-2,8(3)4)10(11,12)13/h8,14H,5-7H2,1-4H3. The molecule has 0 rings (SSSR count). The van der Waals surface area contributed by atoms with E-state index in [4.69, 9.17) is 0 Å². The van der Waals surface area contributed by atoms with E-state index >= 15 is 0 Å². The number of alkyl halides is 3. The molecule has 0 aromatic rings. The van der Waals surface area contributed by atoms with Crippen LogP contribution in [0.25, 0.3) is 0 Å². The van der Waals surface area contributed by atoms with Crippen molar-refractivity contribution in [2.45, 2.75) is 52.3 Å². The number of hydrogen-bond donors (Lipinski definition) is 1. The van der Waals surface area contributed by atoms with Gasteiger partial charge in [0, 0.05) is 0 Å². The van der Waals surface area contributed by atoms with E-state index in [2.05, 4.69) is 5.32 Å². The van der Waals surface area contributed by atoms with Crippen LogP contribution in [0.3, 0.4) is 0 Å². The second-order valence-corrected chi connectivity index (χ2v) is 3.90. The fraction of sp³-hybridized carbons (Fsp3) is 1.00. The van der Waals surface area contributed by atoms with Gasteiger partial charge in [0.15, 0.2) is 0 Å². The average Bonchev–Trinajstić information content (AvgIpc) is 2.03. The van der Waals surface area contributed by atoms with Gasteiger partial charge in [-0.05, 0) is 25.3 Å². The molecule has 0 aliphatic carbocycles. The molecule has 0 aromatic carbocycles. The molecule has 86 valence electrons. The monoisotopic (exact) mass is 211 g/mol. The fourth-order valence-electron chi connectivity index (χ4n) is 1.71. The van der Waals surface area contributed by atoms with Gasteiger partial charge in [-0.25, -0.2) is 0 Å². The third-order valence-electron chi connectivity index (χ3n) is 2.74. The lowest BCUT2D eigenvalue weighted by Crippen LogP contribution is -2.60. The molecule has 14 heavy (non-hydrogen) atoms. The molecule has 1 atom stereocenters. The SMILES string of the molecule is CCCNC(CC)(C(C)C)C(F)(F)F. The summed E-state index contributed by atoms with van der Waals surface area (Å²) >= 11 is 0. The highest BCUT2D eigenvalue weighted by Gasteiger charge is 2.54. The Bertz CT molecular complexity index is 165. The molecule has 1 unspecified atom stereocenters. The first-order valence-electron chi connectivity index (χ1n) is 5.13. The van der Waals surface area contributed by atoms with Gasteiger partial charge in [0.25, 0.3) is 0 Å². The molecule has 0 aliphatic rings. The predicted molar refractivity (Wildman–Crippen MR) is 52.2 cm³/mol. The zero-order valence-corrected chi connectivity index (χ0v) is 9.33. The molecule has 0 radical (unpaired) electrons. The van der Waals surface area contributed by atoms with Crippen molar-refractivity contribution in [2.75, 3.05) is 6.54 Å². The highest BCUT2D eigenvalue weighted by Crippen LogP contribution is 2.38. The van der Waals surface area contributed by atoms with Crippen LogP contribution in [0.1, 0.15) is 40.5 Å². The van der Waals surface area contributed by atoms with E-state index in [1.807, 2.05) is 6.92 Å². The summed E-state index contributed by atoms with van der Waals surface area (Å²) in [4.78, 5) is 0. The summed E-state index contributed by atoms with van der Waals surface area (Å²) in [5, 5.41) is 2.65. The summed E-state index contributed by atoms with van der Waals surface area (Å²) < 4.78 is 38.7. The number of rotatable bonds is 5. The highest BCUT2D eigenvalue weighted by molar-refractivity contribution is 4.96. The average molecular weight is 211 g/mol. The van der Waals surface area contributed by atoms with Crippen molar-refractivity contribution < 1.29 is 13.2 Å². The Balaban J connectivity index is 4.80. The second-order valence-electron chi connectivity index (χ2n) is 3.90. The Morgan fingerprint density at radius 1 is 1.14 bits per heavy atom. The van der Waals surface area contributed by atoms with Crippen LogP contribution < -0.4 is 5.32 Å². The van der Waals surface area contributed by atoms with Crippen molar-refractivity contribution in [3.63, 3.8) is 0 Å². The van der Waals surface area contributed by atoms with Gasteiger partial charge in [0.05, 0.1) is 0 Å². The zero-order chi connectivity index (χ0) is 11.4. The van der Waals surface area contributed by atoms with Crippen molar-refractivity contribution in [3.8, 4) is 0 Å². The van der Waals surface area contributed by atoms with Gasteiger partial charge in [0.2, 0.25) is 0 Å². The normalized spacial score (nSPS) is 17.1. The Morgan fingerprint density at radius 3 is 1.86 bits per heavy atom. The summed E-state index contributed by atoms with van der Waals surface area (Å²) in [5.41, 5.74) is -1.72. The largest absolute Gasteiger partial charge is 0.406 e. The summed E-state index contributed by atoms with van der Waals surface area (Å²) in [6, 6.07) is 0. The highest BCUT2D eigenvalue weighted by atomic mass is 19.4. The van der Waals surface area contributed by atoms with Crippen molar-refractivity contribution in [1.82, 2.24) is 5.32 Å². The smallest absolute Gasteiger partial charge is 0.303 e. The van der Waals surface area contributed by atoms with E-state index in [-0.39, 0.29) is 6.42 Å². The molecule has 0 amide bonds. The lowest BCUT2D eigenvalue weighted by atomic mass is 9.83. The van der Waals surface area contributed by atoms with Crippen molar-refractivity contribution in [1.29, 1.82) is 0 Å². The number of hydrogen-bond acceptors (Lipinski definition) is 1. The molecule has 0 bridgehead atoms. The van der Waals surface area contributed by atoms with E-state index in [1.165, 1.54) is 0 Å². The first-order valence-corrected chi connectivity index (χ1v) is 5.13. The lowest BCUT2D eigenvalue weighted by molar-refractivity contribution is -0.210. The molecule has 1 N–H and O–H groups in total. The summed E-state index contributed by atoms with van der Waals surface area (Å²) in [6.45, 7) is 7.07. The summed E-state index contributed by atoms with van der Waals surface area (Å²) in [5.74, 6) is -0.445. The first kappa shape index (κ1) is 13.8. The number of nitrogens with one attached hydrogen (secondary N) is 1. The molecule has 0 aromatic heterocycles.